The fourth-order valence-corrected chi connectivity index (χ4v) is 2.35. The van der Waals surface area contributed by atoms with Crippen LogP contribution in [-0.2, 0) is 5.41 Å². The molecule has 0 amide bonds. The van der Waals surface area contributed by atoms with Crippen LogP contribution in [0.5, 0.6) is 0 Å². The van der Waals surface area contributed by atoms with E-state index in [0.29, 0.717) is 0 Å². The van der Waals surface area contributed by atoms with E-state index in [9.17, 15) is 4.79 Å². The standard InChI is InChI=1S/C19H31NO/c1-6-7-8-9-14-20-15(2)18(21)16-10-12-17(13-11-16)19(3,4)5/h10-13,15,20H,6-9,14H2,1-5H3. The van der Waals surface area contributed by atoms with Gasteiger partial charge in [0.15, 0.2) is 5.78 Å². The summed E-state index contributed by atoms with van der Waals surface area (Å²) in [5, 5.41) is 3.34. The van der Waals surface area contributed by atoms with Crippen LogP contribution in [0, 0.1) is 0 Å². The molecule has 0 fully saturated rings. The molecule has 21 heavy (non-hydrogen) atoms. The fraction of sp³-hybridized carbons (Fsp3) is 0.632. The van der Waals surface area contributed by atoms with Gasteiger partial charge in [0.2, 0.25) is 0 Å². The maximum atomic E-state index is 12.4. The van der Waals surface area contributed by atoms with E-state index in [1.807, 2.05) is 19.1 Å². The largest absolute Gasteiger partial charge is 0.307 e. The summed E-state index contributed by atoms with van der Waals surface area (Å²) in [7, 11) is 0. The number of hydrogen-bond donors (Lipinski definition) is 1. The highest BCUT2D eigenvalue weighted by molar-refractivity contribution is 5.99. The van der Waals surface area contributed by atoms with E-state index in [1.165, 1.54) is 24.8 Å². The molecule has 0 radical (unpaired) electrons. The van der Waals surface area contributed by atoms with Gasteiger partial charge in [-0.1, -0.05) is 71.2 Å². The molecule has 1 aromatic carbocycles. The van der Waals surface area contributed by atoms with Crippen LogP contribution in [0.1, 0.15) is 76.2 Å². The zero-order valence-electron chi connectivity index (χ0n) is 14.3. The molecular weight excluding hydrogens is 258 g/mol. The number of Topliss-reactive ketones (excluding diaryl/α,β-unsaturated/α-hetero) is 1. The van der Waals surface area contributed by atoms with E-state index in [-0.39, 0.29) is 17.2 Å². The normalized spacial score (nSPS) is 13.2. The molecule has 2 nitrogen and oxygen atoms in total. The lowest BCUT2D eigenvalue weighted by Gasteiger charge is -2.19. The molecule has 0 aliphatic rings. The molecule has 0 aromatic heterocycles. The number of rotatable bonds is 8. The Balaban J connectivity index is 2.50. The average Bonchev–Trinajstić information content (AvgIpc) is 2.45. The maximum Gasteiger partial charge on any atom is 0.179 e. The summed E-state index contributed by atoms with van der Waals surface area (Å²) in [5.74, 6) is 0.186. The van der Waals surface area contributed by atoms with E-state index in [1.54, 1.807) is 0 Å². The Morgan fingerprint density at radius 3 is 2.24 bits per heavy atom. The first-order valence-corrected chi connectivity index (χ1v) is 8.24. The monoisotopic (exact) mass is 289 g/mol. The number of hydrogen-bond acceptors (Lipinski definition) is 2. The van der Waals surface area contributed by atoms with Gasteiger partial charge in [-0.2, -0.15) is 0 Å². The topological polar surface area (TPSA) is 29.1 Å². The Bertz CT molecular complexity index is 428. The van der Waals surface area contributed by atoms with Crippen LogP contribution in [-0.4, -0.2) is 18.4 Å². The highest BCUT2D eigenvalue weighted by Gasteiger charge is 2.17. The predicted octanol–water partition coefficient (Wildman–Crippen LogP) is 4.73. The molecule has 0 saturated heterocycles. The summed E-state index contributed by atoms with van der Waals surface area (Å²) >= 11 is 0. The summed E-state index contributed by atoms with van der Waals surface area (Å²) in [6, 6.07) is 7.95. The first-order chi connectivity index (χ1) is 9.86. The number of unbranched alkanes of at least 4 members (excludes halogenated alkanes) is 3. The van der Waals surface area contributed by atoms with Gasteiger partial charge < -0.3 is 5.32 Å². The van der Waals surface area contributed by atoms with Crippen LogP contribution in [0.15, 0.2) is 24.3 Å². The Hall–Kier alpha value is -1.15. The number of benzene rings is 1. The van der Waals surface area contributed by atoms with Crippen LogP contribution in [0.3, 0.4) is 0 Å². The van der Waals surface area contributed by atoms with Gasteiger partial charge in [0, 0.05) is 5.56 Å². The Labute approximate surface area is 130 Å². The second kappa shape index (κ2) is 8.33. The second-order valence-electron chi connectivity index (χ2n) is 6.93. The summed E-state index contributed by atoms with van der Waals surface area (Å²) in [4.78, 5) is 12.4. The molecule has 0 heterocycles. The van der Waals surface area contributed by atoms with E-state index in [2.05, 4.69) is 45.1 Å². The zero-order valence-corrected chi connectivity index (χ0v) is 14.3. The van der Waals surface area contributed by atoms with Crippen molar-refractivity contribution in [3.8, 4) is 0 Å². The highest BCUT2D eigenvalue weighted by atomic mass is 16.1. The minimum absolute atomic E-state index is 0.105. The first kappa shape index (κ1) is 17.9. The molecule has 0 aliphatic carbocycles. The van der Waals surface area contributed by atoms with Crippen molar-refractivity contribution < 1.29 is 4.79 Å². The van der Waals surface area contributed by atoms with Gasteiger partial charge in [0.25, 0.3) is 0 Å². The Morgan fingerprint density at radius 1 is 1.10 bits per heavy atom. The number of carbonyl (C=O) groups excluding carboxylic acids is 1. The van der Waals surface area contributed by atoms with Crippen LogP contribution in [0.25, 0.3) is 0 Å². The van der Waals surface area contributed by atoms with Crippen molar-refractivity contribution in [1.82, 2.24) is 5.32 Å². The van der Waals surface area contributed by atoms with Gasteiger partial charge in [0.1, 0.15) is 0 Å². The number of ketones is 1. The third-order valence-corrected chi connectivity index (χ3v) is 3.91. The molecular formula is C19H31NO. The van der Waals surface area contributed by atoms with Crippen molar-refractivity contribution in [2.75, 3.05) is 6.54 Å². The van der Waals surface area contributed by atoms with E-state index >= 15 is 0 Å². The lowest BCUT2D eigenvalue weighted by atomic mass is 9.86. The van der Waals surface area contributed by atoms with Crippen molar-refractivity contribution in [2.24, 2.45) is 0 Å². The van der Waals surface area contributed by atoms with Gasteiger partial charge in [-0.05, 0) is 30.9 Å². The lowest BCUT2D eigenvalue weighted by molar-refractivity contribution is 0.0951. The highest BCUT2D eigenvalue weighted by Crippen LogP contribution is 2.22. The first-order valence-electron chi connectivity index (χ1n) is 8.24. The van der Waals surface area contributed by atoms with Crippen molar-refractivity contribution in [3.05, 3.63) is 35.4 Å². The van der Waals surface area contributed by atoms with Crippen molar-refractivity contribution in [1.29, 1.82) is 0 Å². The maximum absolute atomic E-state index is 12.4. The second-order valence-corrected chi connectivity index (χ2v) is 6.93. The molecule has 1 rings (SSSR count). The number of nitrogens with one attached hydrogen (secondary N) is 1. The van der Waals surface area contributed by atoms with E-state index in [4.69, 9.17) is 0 Å². The molecule has 0 bridgehead atoms. The summed E-state index contributed by atoms with van der Waals surface area (Å²) in [6.45, 7) is 11.6. The Morgan fingerprint density at radius 2 is 1.71 bits per heavy atom. The molecule has 1 N–H and O–H groups in total. The lowest BCUT2D eigenvalue weighted by Crippen LogP contribution is -2.34. The van der Waals surface area contributed by atoms with Crippen LogP contribution < -0.4 is 5.32 Å². The van der Waals surface area contributed by atoms with E-state index < -0.39 is 0 Å². The van der Waals surface area contributed by atoms with Crippen molar-refractivity contribution >= 4 is 5.78 Å². The van der Waals surface area contributed by atoms with Crippen LogP contribution >= 0.6 is 0 Å². The molecule has 1 atom stereocenters. The molecule has 0 aliphatic heterocycles. The zero-order chi connectivity index (χ0) is 15.9. The fourth-order valence-electron chi connectivity index (χ4n) is 2.35. The minimum Gasteiger partial charge on any atom is -0.307 e. The SMILES string of the molecule is CCCCCCNC(C)C(=O)c1ccc(C(C)(C)C)cc1. The van der Waals surface area contributed by atoms with E-state index in [0.717, 1.165) is 18.5 Å². The van der Waals surface area contributed by atoms with Crippen molar-refractivity contribution in [2.45, 2.75) is 71.8 Å². The number of carbonyl (C=O) groups is 1. The van der Waals surface area contributed by atoms with Crippen LogP contribution in [0.2, 0.25) is 0 Å². The predicted molar refractivity (Wildman–Crippen MR) is 91.1 cm³/mol. The molecule has 0 saturated carbocycles. The van der Waals surface area contributed by atoms with Gasteiger partial charge in [-0.25, -0.2) is 0 Å². The molecule has 2 heteroatoms. The third kappa shape index (κ3) is 6.01. The summed E-state index contributed by atoms with van der Waals surface area (Å²) in [5.41, 5.74) is 2.20. The molecule has 1 unspecified atom stereocenters. The van der Waals surface area contributed by atoms with Gasteiger partial charge in [0.05, 0.1) is 6.04 Å². The summed E-state index contributed by atoms with van der Waals surface area (Å²) in [6.07, 6.45) is 4.91. The average molecular weight is 289 g/mol. The third-order valence-electron chi connectivity index (χ3n) is 3.91. The summed E-state index contributed by atoms with van der Waals surface area (Å²) < 4.78 is 0. The quantitative estimate of drug-likeness (QED) is 0.554. The van der Waals surface area contributed by atoms with Crippen LogP contribution in [0.4, 0.5) is 0 Å². The minimum atomic E-state index is -0.105. The molecule has 118 valence electrons. The van der Waals surface area contributed by atoms with Crippen molar-refractivity contribution in [3.63, 3.8) is 0 Å². The smallest absolute Gasteiger partial charge is 0.179 e. The molecule has 1 aromatic rings. The van der Waals surface area contributed by atoms with Gasteiger partial charge in [-0.3, -0.25) is 4.79 Å². The molecule has 0 spiro atoms. The van der Waals surface area contributed by atoms with Gasteiger partial charge in [-0.15, -0.1) is 0 Å². The Kier molecular flexibility index (Phi) is 7.10. The van der Waals surface area contributed by atoms with Gasteiger partial charge >= 0.3 is 0 Å².